The zero-order valence-electron chi connectivity index (χ0n) is 10.8. The molecule has 2 nitrogen and oxygen atoms in total. The van der Waals surface area contributed by atoms with E-state index in [1.54, 1.807) is 0 Å². The Bertz CT molecular complexity index is 431. The van der Waals surface area contributed by atoms with Crippen LogP contribution < -0.4 is 5.32 Å². The fourth-order valence-corrected chi connectivity index (χ4v) is 2.63. The first kappa shape index (κ1) is 13.4. The van der Waals surface area contributed by atoms with Gasteiger partial charge in [0.05, 0.1) is 5.38 Å². The van der Waals surface area contributed by atoms with Crippen molar-refractivity contribution in [3.8, 4) is 0 Å². The Balaban J connectivity index is 2.22. The monoisotopic (exact) mass is 265 g/mol. The van der Waals surface area contributed by atoms with Gasteiger partial charge in [0, 0.05) is 12.1 Å². The number of amides is 1. The molecule has 1 aliphatic rings. The van der Waals surface area contributed by atoms with Crippen molar-refractivity contribution in [1.29, 1.82) is 0 Å². The highest BCUT2D eigenvalue weighted by Crippen LogP contribution is 2.28. The molecule has 0 aromatic heterocycles. The molecule has 0 fully saturated rings. The summed E-state index contributed by atoms with van der Waals surface area (Å²) in [6.07, 6.45) is 5.22. The quantitative estimate of drug-likeness (QED) is 0.824. The Labute approximate surface area is 114 Å². The number of benzene rings is 1. The van der Waals surface area contributed by atoms with E-state index in [9.17, 15) is 4.79 Å². The maximum absolute atomic E-state index is 11.9. The lowest BCUT2D eigenvalue weighted by atomic mass is 9.98. The summed E-state index contributed by atoms with van der Waals surface area (Å²) in [5.41, 5.74) is 3.03. The Morgan fingerprint density at radius 2 is 2.28 bits per heavy atom. The summed E-state index contributed by atoms with van der Waals surface area (Å²) in [7, 11) is 0. The maximum Gasteiger partial charge on any atom is 0.251 e. The number of carbonyl (C=O) groups is 1. The van der Waals surface area contributed by atoms with Crippen LogP contribution in [0.15, 0.2) is 18.2 Å². The van der Waals surface area contributed by atoms with E-state index in [2.05, 4.69) is 24.4 Å². The predicted molar refractivity (Wildman–Crippen MR) is 75.2 cm³/mol. The lowest BCUT2D eigenvalue weighted by Crippen LogP contribution is -2.22. The third-order valence-corrected chi connectivity index (χ3v) is 3.93. The predicted octanol–water partition coefficient (Wildman–Crippen LogP) is 3.83. The average molecular weight is 266 g/mol. The minimum atomic E-state index is 0.0197. The molecule has 0 spiro atoms. The fraction of sp³-hybridized carbons (Fsp3) is 0.533. The van der Waals surface area contributed by atoms with Crippen LogP contribution in [0.5, 0.6) is 0 Å². The third-order valence-electron chi connectivity index (χ3n) is 3.46. The molecule has 1 N–H and O–H groups in total. The summed E-state index contributed by atoms with van der Waals surface area (Å²) >= 11 is 6.38. The Hall–Kier alpha value is -1.02. The average Bonchev–Trinajstić information content (AvgIpc) is 2.58. The molecule has 1 unspecified atom stereocenters. The van der Waals surface area contributed by atoms with Gasteiger partial charge < -0.3 is 5.32 Å². The normalized spacial score (nSPS) is 16.7. The standard InChI is InChI=1S/C15H20ClNO/c1-2-3-6-14(16)12-8-7-11-5-4-9-17-15(18)13(11)10-12/h7-8,10,14H,2-6,9H2,1H3,(H,17,18). The molecule has 2 rings (SSSR count). The molecule has 1 atom stereocenters. The van der Waals surface area contributed by atoms with Gasteiger partial charge in [-0.1, -0.05) is 31.9 Å². The summed E-state index contributed by atoms with van der Waals surface area (Å²) < 4.78 is 0. The van der Waals surface area contributed by atoms with Gasteiger partial charge in [-0.25, -0.2) is 0 Å². The van der Waals surface area contributed by atoms with E-state index in [4.69, 9.17) is 11.6 Å². The highest BCUT2D eigenvalue weighted by atomic mass is 35.5. The van der Waals surface area contributed by atoms with Crippen molar-refractivity contribution in [3.63, 3.8) is 0 Å². The SMILES string of the molecule is CCCCC(Cl)c1ccc2c(c1)C(=O)NCCC2. The van der Waals surface area contributed by atoms with Crippen molar-refractivity contribution in [3.05, 3.63) is 34.9 Å². The van der Waals surface area contributed by atoms with Crippen LogP contribution in [-0.2, 0) is 6.42 Å². The van der Waals surface area contributed by atoms with Crippen molar-refractivity contribution < 1.29 is 4.79 Å². The smallest absolute Gasteiger partial charge is 0.251 e. The summed E-state index contributed by atoms with van der Waals surface area (Å²) in [4.78, 5) is 11.9. The van der Waals surface area contributed by atoms with Crippen molar-refractivity contribution in [2.45, 2.75) is 44.4 Å². The van der Waals surface area contributed by atoms with Gasteiger partial charge in [0.25, 0.3) is 5.91 Å². The summed E-state index contributed by atoms with van der Waals surface area (Å²) in [6, 6.07) is 6.12. The number of fused-ring (bicyclic) bond motifs is 1. The van der Waals surface area contributed by atoms with Crippen molar-refractivity contribution >= 4 is 17.5 Å². The zero-order chi connectivity index (χ0) is 13.0. The minimum Gasteiger partial charge on any atom is -0.352 e. The highest BCUT2D eigenvalue weighted by Gasteiger charge is 2.17. The molecular weight excluding hydrogens is 246 g/mol. The minimum absolute atomic E-state index is 0.0197. The molecule has 0 saturated heterocycles. The lowest BCUT2D eigenvalue weighted by molar-refractivity contribution is 0.0956. The second-order valence-electron chi connectivity index (χ2n) is 4.89. The number of rotatable bonds is 4. The van der Waals surface area contributed by atoms with Gasteiger partial charge in [-0.3, -0.25) is 4.79 Å². The van der Waals surface area contributed by atoms with Gasteiger partial charge in [-0.2, -0.15) is 0 Å². The number of hydrogen-bond acceptors (Lipinski definition) is 1. The second-order valence-corrected chi connectivity index (χ2v) is 5.41. The molecule has 0 aliphatic carbocycles. The van der Waals surface area contributed by atoms with Crippen LogP contribution in [0.1, 0.15) is 59.5 Å². The number of halogens is 1. The molecule has 0 saturated carbocycles. The van der Waals surface area contributed by atoms with E-state index in [-0.39, 0.29) is 11.3 Å². The van der Waals surface area contributed by atoms with Gasteiger partial charge in [0.15, 0.2) is 0 Å². The molecule has 3 heteroatoms. The van der Waals surface area contributed by atoms with Gasteiger partial charge in [-0.05, 0) is 36.5 Å². The van der Waals surface area contributed by atoms with Crippen LogP contribution in [0.2, 0.25) is 0 Å². The number of hydrogen-bond donors (Lipinski definition) is 1. The molecule has 98 valence electrons. The van der Waals surface area contributed by atoms with E-state index >= 15 is 0 Å². The number of aryl methyl sites for hydroxylation is 1. The molecule has 1 aromatic rings. The summed E-state index contributed by atoms with van der Waals surface area (Å²) in [5.74, 6) is 0.0451. The topological polar surface area (TPSA) is 29.1 Å². The largest absolute Gasteiger partial charge is 0.352 e. The van der Waals surface area contributed by atoms with Gasteiger partial charge >= 0.3 is 0 Å². The molecule has 18 heavy (non-hydrogen) atoms. The molecule has 0 bridgehead atoms. The fourth-order valence-electron chi connectivity index (χ4n) is 2.34. The molecule has 0 radical (unpaired) electrons. The third kappa shape index (κ3) is 3.05. The number of carbonyl (C=O) groups excluding carboxylic acids is 1. The van der Waals surface area contributed by atoms with Crippen LogP contribution in [-0.4, -0.2) is 12.5 Å². The zero-order valence-corrected chi connectivity index (χ0v) is 11.6. The van der Waals surface area contributed by atoms with E-state index in [0.29, 0.717) is 0 Å². The van der Waals surface area contributed by atoms with Crippen LogP contribution in [0, 0.1) is 0 Å². The van der Waals surface area contributed by atoms with Crippen molar-refractivity contribution in [2.75, 3.05) is 6.54 Å². The number of unbranched alkanes of at least 4 members (excludes halogenated alkanes) is 1. The lowest BCUT2D eigenvalue weighted by Gasteiger charge is -2.12. The molecular formula is C15H20ClNO. The first-order valence-corrected chi connectivity index (χ1v) is 7.21. The second kappa shape index (κ2) is 6.24. The number of alkyl halides is 1. The van der Waals surface area contributed by atoms with Crippen molar-refractivity contribution in [2.24, 2.45) is 0 Å². The molecule has 1 aromatic carbocycles. The summed E-state index contributed by atoms with van der Waals surface area (Å²) in [5, 5.41) is 2.95. The number of nitrogens with one attached hydrogen (secondary N) is 1. The van der Waals surface area contributed by atoms with Crippen LogP contribution >= 0.6 is 11.6 Å². The van der Waals surface area contributed by atoms with Crippen LogP contribution in [0.4, 0.5) is 0 Å². The van der Waals surface area contributed by atoms with E-state index in [0.717, 1.165) is 55.3 Å². The molecule has 1 heterocycles. The van der Waals surface area contributed by atoms with Gasteiger partial charge in [0.1, 0.15) is 0 Å². The highest BCUT2D eigenvalue weighted by molar-refractivity contribution is 6.20. The van der Waals surface area contributed by atoms with E-state index < -0.39 is 0 Å². The first-order valence-electron chi connectivity index (χ1n) is 6.77. The summed E-state index contributed by atoms with van der Waals surface area (Å²) in [6.45, 7) is 2.93. The molecule has 1 aliphatic heterocycles. The van der Waals surface area contributed by atoms with Gasteiger partial charge in [0.2, 0.25) is 0 Å². The maximum atomic E-state index is 11.9. The Morgan fingerprint density at radius 3 is 3.06 bits per heavy atom. The van der Waals surface area contributed by atoms with E-state index in [1.807, 2.05) is 6.07 Å². The molecule has 1 amide bonds. The van der Waals surface area contributed by atoms with E-state index in [1.165, 1.54) is 0 Å². The van der Waals surface area contributed by atoms with Crippen LogP contribution in [0.25, 0.3) is 0 Å². The van der Waals surface area contributed by atoms with Gasteiger partial charge in [-0.15, -0.1) is 11.6 Å². The Morgan fingerprint density at radius 1 is 1.44 bits per heavy atom. The Kier molecular flexibility index (Phi) is 4.65. The van der Waals surface area contributed by atoms with Crippen molar-refractivity contribution in [1.82, 2.24) is 5.32 Å². The van der Waals surface area contributed by atoms with Crippen LogP contribution in [0.3, 0.4) is 0 Å². The first-order chi connectivity index (χ1) is 8.72.